The number of rotatable bonds is 8. The lowest BCUT2D eigenvalue weighted by atomic mass is 10.1. The first-order chi connectivity index (χ1) is 15.2. The average Bonchev–Trinajstić information content (AvgIpc) is 2.78. The van der Waals surface area contributed by atoms with Gasteiger partial charge in [-0.15, -0.1) is 0 Å². The van der Waals surface area contributed by atoms with Gasteiger partial charge < -0.3 is 14.8 Å². The van der Waals surface area contributed by atoms with E-state index in [0.717, 1.165) is 11.8 Å². The third-order valence-corrected chi connectivity index (χ3v) is 6.10. The summed E-state index contributed by atoms with van der Waals surface area (Å²) in [6.07, 6.45) is 1.14. The van der Waals surface area contributed by atoms with E-state index >= 15 is 0 Å². The molecule has 0 radical (unpaired) electrons. The number of benzene rings is 3. The van der Waals surface area contributed by atoms with E-state index in [-0.39, 0.29) is 12.5 Å². The second-order valence-electron chi connectivity index (χ2n) is 6.96. The molecule has 0 aliphatic carbocycles. The van der Waals surface area contributed by atoms with Crippen molar-refractivity contribution in [2.45, 2.75) is 6.54 Å². The Balaban J connectivity index is 1.82. The lowest BCUT2D eigenvalue weighted by Gasteiger charge is -2.23. The molecular formula is C23H23ClN2O5S. The zero-order valence-electron chi connectivity index (χ0n) is 17.8. The summed E-state index contributed by atoms with van der Waals surface area (Å²) in [5, 5.41) is 3.36. The van der Waals surface area contributed by atoms with Gasteiger partial charge in [-0.3, -0.25) is 9.10 Å². The molecule has 0 atom stereocenters. The predicted octanol–water partition coefficient (Wildman–Crippen LogP) is 4.58. The van der Waals surface area contributed by atoms with Gasteiger partial charge in [0.1, 0.15) is 11.5 Å². The van der Waals surface area contributed by atoms with Crippen molar-refractivity contribution in [3.63, 3.8) is 0 Å². The molecule has 0 heterocycles. The van der Waals surface area contributed by atoms with Crippen molar-refractivity contribution in [3.8, 4) is 11.5 Å². The number of carbonyl (C=O) groups is 1. The van der Waals surface area contributed by atoms with Gasteiger partial charge in [-0.1, -0.05) is 23.7 Å². The van der Waals surface area contributed by atoms with Gasteiger partial charge in [0.05, 0.1) is 38.4 Å². The fourth-order valence-corrected chi connectivity index (χ4v) is 4.06. The molecule has 0 bridgehead atoms. The van der Waals surface area contributed by atoms with Gasteiger partial charge in [-0.25, -0.2) is 8.42 Å². The molecule has 7 nitrogen and oxygen atoms in total. The fraction of sp³-hybridized carbons (Fsp3) is 0.174. The molecule has 32 heavy (non-hydrogen) atoms. The number of hydrogen-bond acceptors (Lipinski definition) is 5. The number of carbonyl (C=O) groups excluding carboxylic acids is 1. The minimum Gasteiger partial charge on any atom is -0.497 e. The number of halogens is 1. The lowest BCUT2D eigenvalue weighted by molar-refractivity contribution is 0.102. The van der Waals surface area contributed by atoms with Gasteiger partial charge in [0, 0.05) is 16.7 Å². The zero-order chi connectivity index (χ0) is 23.3. The molecule has 3 aromatic rings. The van der Waals surface area contributed by atoms with Gasteiger partial charge in [0.25, 0.3) is 5.91 Å². The summed E-state index contributed by atoms with van der Waals surface area (Å²) in [4.78, 5) is 12.7. The number of nitrogens with one attached hydrogen (secondary N) is 1. The standard InChI is InChI=1S/C23H23ClN2O5S/c1-30-20-12-13-22(31-2)21(14-20)25-23(27)17-6-10-19(11-7-17)26(32(3,28)29)15-16-4-8-18(24)9-5-16/h4-14H,15H2,1-3H3,(H,25,27). The van der Waals surface area contributed by atoms with E-state index in [0.29, 0.717) is 33.5 Å². The van der Waals surface area contributed by atoms with Crippen LogP contribution in [0.4, 0.5) is 11.4 Å². The van der Waals surface area contributed by atoms with Crippen molar-refractivity contribution < 1.29 is 22.7 Å². The van der Waals surface area contributed by atoms with Gasteiger partial charge in [-0.05, 0) is 54.1 Å². The van der Waals surface area contributed by atoms with Crippen LogP contribution in [0.3, 0.4) is 0 Å². The first-order valence-electron chi connectivity index (χ1n) is 9.57. The number of methoxy groups -OCH3 is 2. The third-order valence-electron chi connectivity index (χ3n) is 4.71. The Morgan fingerprint density at radius 1 is 0.969 bits per heavy atom. The lowest BCUT2D eigenvalue weighted by Crippen LogP contribution is -2.29. The van der Waals surface area contributed by atoms with E-state index in [2.05, 4.69) is 5.32 Å². The molecule has 9 heteroatoms. The minimum atomic E-state index is -3.56. The van der Waals surface area contributed by atoms with Crippen LogP contribution < -0.4 is 19.1 Å². The Morgan fingerprint density at radius 3 is 2.19 bits per heavy atom. The molecule has 0 aliphatic heterocycles. The summed E-state index contributed by atoms with van der Waals surface area (Å²) in [6, 6.07) is 18.3. The zero-order valence-corrected chi connectivity index (χ0v) is 19.4. The summed E-state index contributed by atoms with van der Waals surface area (Å²) < 4.78 is 36.5. The summed E-state index contributed by atoms with van der Waals surface area (Å²) in [5.41, 5.74) is 2.05. The molecule has 0 saturated heterocycles. The van der Waals surface area contributed by atoms with Crippen molar-refractivity contribution in [2.75, 3.05) is 30.1 Å². The monoisotopic (exact) mass is 474 g/mol. The topological polar surface area (TPSA) is 84.9 Å². The molecule has 0 spiro atoms. The van der Waals surface area contributed by atoms with Crippen molar-refractivity contribution in [3.05, 3.63) is 82.9 Å². The molecule has 168 valence electrons. The van der Waals surface area contributed by atoms with Crippen LogP contribution in [-0.2, 0) is 16.6 Å². The highest BCUT2D eigenvalue weighted by atomic mass is 35.5. The second-order valence-corrected chi connectivity index (χ2v) is 9.31. The van der Waals surface area contributed by atoms with Crippen LogP contribution in [0.2, 0.25) is 5.02 Å². The second kappa shape index (κ2) is 9.93. The Morgan fingerprint density at radius 2 is 1.62 bits per heavy atom. The van der Waals surface area contributed by atoms with E-state index in [1.807, 2.05) is 0 Å². The van der Waals surface area contributed by atoms with Gasteiger partial charge in [-0.2, -0.15) is 0 Å². The van der Waals surface area contributed by atoms with Crippen molar-refractivity contribution in [1.82, 2.24) is 0 Å². The molecular weight excluding hydrogens is 452 g/mol. The van der Waals surface area contributed by atoms with Crippen molar-refractivity contribution in [2.24, 2.45) is 0 Å². The number of amides is 1. The van der Waals surface area contributed by atoms with E-state index in [1.54, 1.807) is 66.7 Å². The van der Waals surface area contributed by atoms with Crippen LogP contribution in [0.1, 0.15) is 15.9 Å². The van der Waals surface area contributed by atoms with Crippen LogP contribution >= 0.6 is 11.6 Å². The van der Waals surface area contributed by atoms with Crippen LogP contribution in [0.5, 0.6) is 11.5 Å². The smallest absolute Gasteiger partial charge is 0.255 e. The summed E-state index contributed by atoms with van der Waals surface area (Å²) in [7, 11) is -0.517. The third kappa shape index (κ3) is 5.72. The summed E-state index contributed by atoms with van der Waals surface area (Å²) in [6.45, 7) is 0.141. The van der Waals surface area contributed by atoms with Gasteiger partial charge in [0.15, 0.2) is 0 Å². The highest BCUT2D eigenvalue weighted by molar-refractivity contribution is 7.92. The van der Waals surface area contributed by atoms with Crippen molar-refractivity contribution >= 4 is 38.9 Å². The summed E-state index contributed by atoms with van der Waals surface area (Å²) >= 11 is 5.91. The highest BCUT2D eigenvalue weighted by Crippen LogP contribution is 2.29. The van der Waals surface area contributed by atoms with E-state index in [4.69, 9.17) is 21.1 Å². The van der Waals surface area contributed by atoms with Crippen LogP contribution in [-0.4, -0.2) is 34.8 Å². The highest BCUT2D eigenvalue weighted by Gasteiger charge is 2.19. The molecule has 0 aromatic heterocycles. The Labute approximate surface area is 192 Å². The first kappa shape index (κ1) is 23.4. The molecule has 3 aromatic carbocycles. The maximum absolute atomic E-state index is 12.7. The molecule has 3 rings (SSSR count). The maximum Gasteiger partial charge on any atom is 0.255 e. The van der Waals surface area contributed by atoms with Crippen LogP contribution in [0.15, 0.2) is 66.7 Å². The average molecular weight is 475 g/mol. The Kier molecular flexibility index (Phi) is 7.27. The SMILES string of the molecule is COc1ccc(OC)c(NC(=O)c2ccc(N(Cc3ccc(Cl)cc3)S(C)(=O)=O)cc2)c1. The molecule has 0 fully saturated rings. The summed E-state index contributed by atoms with van der Waals surface area (Å²) in [5.74, 6) is 0.691. The number of sulfonamides is 1. The molecule has 1 amide bonds. The number of anilines is 2. The number of hydrogen-bond donors (Lipinski definition) is 1. The largest absolute Gasteiger partial charge is 0.497 e. The molecule has 0 saturated carbocycles. The Hall–Kier alpha value is -3.23. The maximum atomic E-state index is 12.7. The van der Waals surface area contributed by atoms with Crippen LogP contribution in [0, 0.1) is 0 Å². The van der Waals surface area contributed by atoms with E-state index < -0.39 is 10.0 Å². The molecule has 0 unspecified atom stereocenters. The van der Waals surface area contributed by atoms with E-state index in [9.17, 15) is 13.2 Å². The number of nitrogens with zero attached hydrogens (tertiary/aromatic N) is 1. The van der Waals surface area contributed by atoms with Gasteiger partial charge >= 0.3 is 0 Å². The number of ether oxygens (including phenoxy) is 2. The van der Waals surface area contributed by atoms with Crippen molar-refractivity contribution in [1.29, 1.82) is 0 Å². The van der Waals surface area contributed by atoms with Crippen LogP contribution in [0.25, 0.3) is 0 Å². The predicted molar refractivity (Wildman–Crippen MR) is 126 cm³/mol. The minimum absolute atomic E-state index is 0.141. The Bertz CT molecular complexity index is 1200. The van der Waals surface area contributed by atoms with E-state index in [1.165, 1.54) is 18.5 Å². The first-order valence-corrected chi connectivity index (χ1v) is 11.8. The normalized spacial score (nSPS) is 11.0. The quantitative estimate of drug-likeness (QED) is 0.516. The van der Waals surface area contributed by atoms with Gasteiger partial charge in [0.2, 0.25) is 10.0 Å². The molecule has 1 N–H and O–H groups in total. The molecule has 0 aliphatic rings. The fourth-order valence-electron chi connectivity index (χ4n) is 3.04.